The highest BCUT2D eigenvalue weighted by Gasteiger charge is 2.03. The average molecular weight is 436 g/mol. The van der Waals surface area contributed by atoms with E-state index in [1.807, 2.05) is 6.08 Å². The van der Waals surface area contributed by atoms with Crippen molar-refractivity contribution in [3.63, 3.8) is 0 Å². The van der Waals surface area contributed by atoms with Gasteiger partial charge in [-0.1, -0.05) is 40.5 Å². The fraction of sp³-hybridized carbons (Fsp3) is 0.600. The van der Waals surface area contributed by atoms with E-state index in [0.29, 0.717) is 13.2 Å². The molecular formula is C25H41NO3S. The summed E-state index contributed by atoms with van der Waals surface area (Å²) in [6, 6.07) is 0. The Morgan fingerprint density at radius 3 is 1.80 bits per heavy atom. The van der Waals surface area contributed by atoms with Crippen molar-refractivity contribution >= 4 is 23.4 Å². The summed E-state index contributed by atoms with van der Waals surface area (Å²) in [4.78, 5) is 11.2. The molecule has 1 N–H and O–H groups in total. The number of nitrogens with one attached hydrogen (secondary N) is 1. The van der Waals surface area contributed by atoms with Crippen molar-refractivity contribution in [1.82, 2.24) is 5.32 Å². The van der Waals surface area contributed by atoms with Crippen molar-refractivity contribution in [2.24, 2.45) is 0 Å². The summed E-state index contributed by atoms with van der Waals surface area (Å²) in [5, 5.41) is 2.95. The second kappa shape index (κ2) is 17.9. The first-order valence-corrected chi connectivity index (χ1v) is 11.3. The number of ether oxygens (including phenoxy) is 2. The van der Waals surface area contributed by atoms with Crippen LogP contribution in [0, 0.1) is 0 Å². The number of esters is 1. The number of carbonyl (C=O) groups is 1. The van der Waals surface area contributed by atoms with Crippen molar-refractivity contribution < 1.29 is 14.3 Å². The van der Waals surface area contributed by atoms with Crippen LogP contribution in [0.25, 0.3) is 0 Å². The highest BCUT2D eigenvalue weighted by Crippen LogP contribution is 2.13. The Balaban J connectivity index is 4.01. The van der Waals surface area contributed by atoms with Crippen LogP contribution in [0.1, 0.15) is 80.1 Å². The van der Waals surface area contributed by atoms with Gasteiger partial charge in [0.2, 0.25) is 0 Å². The van der Waals surface area contributed by atoms with Crippen LogP contribution < -0.4 is 5.32 Å². The van der Waals surface area contributed by atoms with E-state index < -0.39 is 0 Å². The van der Waals surface area contributed by atoms with E-state index in [2.05, 4.69) is 58.2 Å². The maximum Gasteiger partial charge on any atom is 0.325 e. The van der Waals surface area contributed by atoms with Crippen molar-refractivity contribution in [1.29, 1.82) is 0 Å². The van der Waals surface area contributed by atoms with E-state index in [9.17, 15) is 4.79 Å². The lowest BCUT2D eigenvalue weighted by Gasteiger charge is -2.08. The van der Waals surface area contributed by atoms with Gasteiger partial charge in [-0.25, -0.2) is 0 Å². The molecule has 0 aliphatic rings. The lowest BCUT2D eigenvalue weighted by Crippen LogP contribution is -2.31. The standard InChI is InChI=1S/C25H41NO3S/c1-7-28-24(27)19-26-25(30)29-18-17-23(6)16-10-15-22(5)14-9-13-21(4)12-8-11-20(2)3/h11,13,15,17H,7-10,12,14,16,18-19H2,1-6H3,(H,26,30)/b21-13+,22-15+,23-17+. The van der Waals surface area contributed by atoms with Gasteiger partial charge in [0.25, 0.3) is 5.17 Å². The van der Waals surface area contributed by atoms with Crippen LogP contribution in [0.2, 0.25) is 0 Å². The Kier molecular flexibility index (Phi) is 16.8. The zero-order chi connectivity index (χ0) is 22.8. The fourth-order valence-corrected chi connectivity index (χ4v) is 2.79. The van der Waals surface area contributed by atoms with Gasteiger partial charge in [0.1, 0.15) is 13.2 Å². The van der Waals surface area contributed by atoms with Gasteiger partial charge in [-0.3, -0.25) is 4.79 Å². The van der Waals surface area contributed by atoms with Crippen LogP contribution >= 0.6 is 12.2 Å². The van der Waals surface area contributed by atoms with E-state index in [0.717, 1.165) is 38.5 Å². The zero-order valence-electron chi connectivity index (χ0n) is 19.8. The monoisotopic (exact) mass is 435 g/mol. The van der Waals surface area contributed by atoms with Gasteiger partial charge < -0.3 is 14.8 Å². The molecule has 0 spiro atoms. The predicted octanol–water partition coefficient (Wildman–Crippen LogP) is 6.59. The normalized spacial score (nSPS) is 12.4. The average Bonchev–Trinajstić information content (AvgIpc) is 2.66. The van der Waals surface area contributed by atoms with Crippen LogP contribution in [0.3, 0.4) is 0 Å². The fourth-order valence-electron chi connectivity index (χ4n) is 2.65. The van der Waals surface area contributed by atoms with Crippen LogP contribution in [0.5, 0.6) is 0 Å². The van der Waals surface area contributed by atoms with E-state index >= 15 is 0 Å². The highest BCUT2D eigenvalue weighted by molar-refractivity contribution is 7.80. The molecule has 0 aromatic heterocycles. The summed E-state index contributed by atoms with van der Waals surface area (Å²) in [5.41, 5.74) is 5.58. The first-order chi connectivity index (χ1) is 14.2. The van der Waals surface area contributed by atoms with Gasteiger partial charge in [-0.15, -0.1) is 0 Å². The third-order valence-electron chi connectivity index (χ3n) is 4.48. The SMILES string of the molecule is CCOC(=O)CNC(=S)OC/C=C(\C)CC/C=C(\C)CC/C=C(\C)CCC=C(C)C. The number of thiocarbonyl (C=S) groups is 1. The number of carbonyl (C=O) groups excluding carboxylic acids is 1. The van der Waals surface area contributed by atoms with E-state index in [1.165, 1.54) is 22.3 Å². The maximum atomic E-state index is 11.2. The van der Waals surface area contributed by atoms with E-state index in [-0.39, 0.29) is 17.7 Å². The zero-order valence-corrected chi connectivity index (χ0v) is 20.6. The van der Waals surface area contributed by atoms with Crippen molar-refractivity contribution in [3.8, 4) is 0 Å². The predicted molar refractivity (Wildman–Crippen MR) is 132 cm³/mol. The maximum absolute atomic E-state index is 11.2. The summed E-state index contributed by atoms with van der Waals surface area (Å²) >= 11 is 5.04. The first kappa shape index (κ1) is 28.1. The first-order valence-electron chi connectivity index (χ1n) is 10.9. The Bertz CT molecular complexity index is 641. The lowest BCUT2D eigenvalue weighted by atomic mass is 10.0. The van der Waals surface area contributed by atoms with Gasteiger partial charge in [0.15, 0.2) is 0 Å². The molecule has 170 valence electrons. The molecule has 0 heterocycles. The molecule has 0 atom stereocenters. The smallest absolute Gasteiger partial charge is 0.325 e. The van der Waals surface area contributed by atoms with Gasteiger partial charge in [0.05, 0.1) is 6.61 Å². The van der Waals surface area contributed by atoms with Crippen LogP contribution in [-0.2, 0) is 14.3 Å². The molecule has 0 radical (unpaired) electrons. The molecular weight excluding hydrogens is 394 g/mol. The van der Waals surface area contributed by atoms with Gasteiger partial charge in [-0.05, 0) is 98.4 Å². The summed E-state index contributed by atoms with van der Waals surface area (Å²) in [6.45, 7) is 13.4. The summed E-state index contributed by atoms with van der Waals surface area (Å²) in [6.07, 6.45) is 15.6. The minimum Gasteiger partial charge on any atom is -0.467 e. The molecule has 5 heteroatoms. The third kappa shape index (κ3) is 18.2. The molecule has 0 bridgehead atoms. The Morgan fingerprint density at radius 2 is 1.30 bits per heavy atom. The molecule has 0 saturated carbocycles. The van der Waals surface area contributed by atoms with Gasteiger partial charge in [0, 0.05) is 0 Å². The molecule has 30 heavy (non-hydrogen) atoms. The second-order valence-electron chi connectivity index (χ2n) is 7.81. The quantitative estimate of drug-likeness (QED) is 0.189. The summed E-state index contributed by atoms with van der Waals surface area (Å²) < 4.78 is 10.2. The lowest BCUT2D eigenvalue weighted by molar-refractivity contribution is -0.141. The van der Waals surface area contributed by atoms with Crippen molar-refractivity contribution in [3.05, 3.63) is 46.6 Å². The molecule has 0 saturated heterocycles. The Morgan fingerprint density at radius 1 is 0.800 bits per heavy atom. The van der Waals surface area contributed by atoms with Gasteiger partial charge in [-0.2, -0.15) is 0 Å². The number of hydrogen-bond donors (Lipinski definition) is 1. The van der Waals surface area contributed by atoms with E-state index in [4.69, 9.17) is 21.7 Å². The summed E-state index contributed by atoms with van der Waals surface area (Å²) in [5.74, 6) is -0.341. The Hall–Kier alpha value is -1.88. The molecule has 4 nitrogen and oxygen atoms in total. The minimum atomic E-state index is -0.341. The van der Waals surface area contributed by atoms with Crippen LogP contribution in [0.4, 0.5) is 0 Å². The highest BCUT2D eigenvalue weighted by atomic mass is 32.1. The number of hydrogen-bond acceptors (Lipinski definition) is 4. The van der Waals surface area contributed by atoms with Crippen molar-refractivity contribution in [2.45, 2.75) is 80.1 Å². The molecule has 0 amide bonds. The minimum absolute atomic E-state index is 0.0314. The molecule has 0 aromatic carbocycles. The number of rotatable bonds is 14. The molecule has 0 aromatic rings. The Labute approximate surface area is 189 Å². The molecule has 0 unspecified atom stereocenters. The largest absolute Gasteiger partial charge is 0.467 e. The second-order valence-corrected chi connectivity index (χ2v) is 8.18. The number of allylic oxidation sites excluding steroid dienone is 7. The topological polar surface area (TPSA) is 47.6 Å². The van der Waals surface area contributed by atoms with Crippen LogP contribution in [0.15, 0.2) is 46.6 Å². The molecule has 0 rings (SSSR count). The van der Waals surface area contributed by atoms with Gasteiger partial charge >= 0.3 is 5.97 Å². The van der Waals surface area contributed by atoms with E-state index in [1.54, 1.807) is 6.92 Å². The molecule has 0 fully saturated rings. The molecule has 0 aliphatic carbocycles. The van der Waals surface area contributed by atoms with Crippen molar-refractivity contribution in [2.75, 3.05) is 19.8 Å². The third-order valence-corrected chi connectivity index (χ3v) is 4.75. The van der Waals surface area contributed by atoms with Crippen LogP contribution in [-0.4, -0.2) is 30.9 Å². The summed E-state index contributed by atoms with van der Waals surface area (Å²) in [7, 11) is 0. The molecule has 0 aliphatic heterocycles.